The van der Waals surface area contributed by atoms with E-state index in [4.69, 9.17) is 9.47 Å². The van der Waals surface area contributed by atoms with E-state index in [9.17, 15) is 14.3 Å². The van der Waals surface area contributed by atoms with Crippen LogP contribution in [0.15, 0.2) is 18.5 Å². The van der Waals surface area contributed by atoms with Crippen molar-refractivity contribution in [2.45, 2.75) is 69.8 Å². The highest BCUT2D eigenvalue weighted by molar-refractivity contribution is 5.76. The number of pyridine rings is 1. The smallest absolute Gasteiger partial charge is 0.222 e. The summed E-state index contributed by atoms with van der Waals surface area (Å²) in [6.07, 6.45) is 1.50. The molecule has 0 saturated carbocycles. The van der Waals surface area contributed by atoms with E-state index >= 15 is 0 Å². The molecule has 8 heteroatoms. The first-order chi connectivity index (χ1) is 12.4. The van der Waals surface area contributed by atoms with Gasteiger partial charge in [0.25, 0.3) is 0 Å². The van der Waals surface area contributed by atoms with Crippen molar-refractivity contribution in [2.24, 2.45) is 0 Å². The lowest BCUT2D eigenvalue weighted by molar-refractivity contribution is -0.125. The predicted octanol–water partition coefficient (Wildman–Crippen LogP) is 0.511. The Labute approximate surface area is 152 Å². The van der Waals surface area contributed by atoms with Gasteiger partial charge < -0.3 is 25.2 Å². The van der Waals surface area contributed by atoms with E-state index in [2.05, 4.69) is 15.6 Å². The first kappa shape index (κ1) is 19.2. The topological polar surface area (TPSA) is 92.7 Å². The van der Waals surface area contributed by atoms with Crippen molar-refractivity contribution in [3.63, 3.8) is 0 Å². The van der Waals surface area contributed by atoms with Crippen LogP contribution in [0.4, 0.5) is 4.39 Å². The van der Waals surface area contributed by atoms with Crippen molar-refractivity contribution in [1.29, 1.82) is 0 Å². The highest BCUT2D eigenvalue weighted by Gasteiger charge is 2.50. The van der Waals surface area contributed by atoms with E-state index in [1.54, 1.807) is 6.07 Å². The second-order valence-electron chi connectivity index (χ2n) is 7.19. The van der Waals surface area contributed by atoms with Crippen molar-refractivity contribution in [3.05, 3.63) is 29.8 Å². The van der Waals surface area contributed by atoms with Crippen LogP contribution < -0.4 is 10.6 Å². The lowest BCUT2D eigenvalue weighted by Crippen LogP contribution is -2.39. The molecule has 1 aromatic rings. The highest BCUT2D eigenvalue weighted by Crippen LogP contribution is 2.35. The average molecular weight is 367 g/mol. The quantitative estimate of drug-likeness (QED) is 0.650. The lowest BCUT2D eigenvalue weighted by atomic mass is 10.1. The molecule has 144 valence electrons. The number of hydrogen-bond donors (Lipinski definition) is 3. The third kappa shape index (κ3) is 4.56. The van der Waals surface area contributed by atoms with E-state index in [-0.39, 0.29) is 36.4 Å². The van der Waals surface area contributed by atoms with Crippen LogP contribution in [0.3, 0.4) is 0 Å². The van der Waals surface area contributed by atoms with E-state index in [1.807, 2.05) is 13.8 Å². The summed E-state index contributed by atoms with van der Waals surface area (Å²) in [7, 11) is 0. The van der Waals surface area contributed by atoms with E-state index in [0.29, 0.717) is 25.1 Å². The van der Waals surface area contributed by atoms with Gasteiger partial charge in [-0.15, -0.1) is 0 Å². The fourth-order valence-corrected chi connectivity index (χ4v) is 3.49. The minimum Gasteiger partial charge on any atom is -0.388 e. The number of halogens is 1. The molecule has 3 N–H and O–H groups in total. The van der Waals surface area contributed by atoms with Gasteiger partial charge in [-0.05, 0) is 19.9 Å². The van der Waals surface area contributed by atoms with Crippen LogP contribution in [0.1, 0.15) is 32.3 Å². The Morgan fingerprint density at radius 2 is 2.27 bits per heavy atom. The maximum Gasteiger partial charge on any atom is 0.222 e. The maximum absolute atomic E-state index is 13.5. The molecule has 3 rings (SSSR count). The molecule has 26 heavy (non-hydrogen) atoms. The fourth-order valence-electron chi connectivity index (χ4n) is 3.49. The molecule has 1 amide bonds. The van der Waals surface area contributed by atoms with Crippen molar-refractivity contribution in [1.82, 2.24) is 15.6 Å². The van der Waals surface area contributed by atoms with Gasteiger partial charge in [-0.2, -0.15) is 0 Å². The molecule has 0 spiro atoms. The second kappa shape index (κ2) is 8.39. The van der Waals surface area contributed by atoms with Gasteiger partial charge in [0.15, 0.2) is 0 Å². The Morgan fingerprint density at radius 1 is 1.46 bits per heavy atom. The number of carbonyl (C=O) groups excluding carboxylic acids is 1. The van der Waals surface area contributed by atoms with Crippen LogP contribution in [-0.4, -0.2) is 59.1 Å². The van der Waals surface area contributed by atoms with E-state index in [1.165, 1.54) is 12.4 Å². The standard InChI is InChI=1S/C18H26FN3O4/c1-10(2)22-16(23)6-12-5-14-18(25-12)17(24)15(26-14)9-21-7-11-3-4-20-8-13(11)19/h3-4,8,10,12,14-15,17-18,21,24H,5-7,9H2,1-2H3,(H,22,23). The molecule has 2 saturated heterocycles. The SMILES string of the molecule is CC(C)NC(=O)CC1CC2OC(CNCc3ccncc3F)C(O)C2O1. The maximum atomic E-state index is 13.5. The largest absolute Gasteiger partial charge is 0.388 e. The molecule has 0 aliphatic carbocycles. The highest BCUT2D eigenvalue weighted by atomic mass is 19.1. The number of fused-ring (bicyclic) bond motifs is 1. The number of aliphatic hydroxyl groups is 1. The second-order valence-corrected chi connectivity index (χ2v) is 7.19. The summed E-state index contributed by atoms with van der Waals surface area (Å²) in [5, 5.41) is 16.4. The van der Waals surface area contributed by atoms with Crippen LogP contribution in [0.2, 0.25) is 0 Å². The van der Waals surface area contributed by atoms with E-state index in [0.717, 1.165) is 0 Å². The van der Waals surface area contributed by atoms with Crippen LogP contribution >= 0.6 is 0 Å². The molecule has 2 aliphatic heterocycles. The van der Waals surface area contributed by atoms with Gasteiger partial charge in [-0.3, -0.25) is 9.78 Å². The van der Waals surface area contributed by atoms with Crippen molar-refractivity contribution in [3.8, 4) is 0 Å². The lowest BCUT2D eigenvalue weighted by Gasteiger charge is -2.20. The van der Waals surface area contributed by atoms with Crippen molar-refractivity contribution in [2.75, 3.05) is 6.54 Å². The number of hydrogen-bond acceptors (Lipinski definition) is 6. The summed E-state index contributed by atoms with van der Waals surface area (Å²) in [5.74, 6) is -0.423. The zero-order valence-corrected chi connectivity index (χ0v) is 15.0. The van der Waals surface area contributed by atoms with Gasteiger partial charge in [0.2, 0.25) is 5.91 Å². The zero-order valence-electron chi connectivity index (χ0n) is 15.0. The molecule has 2 aliphatic rings. The number of nitrogens with one attached hydrogen (secondary N) is 2. The zero-order chi connectivity index (χ0) is 18.7. The molecule has 0 bridgehead atoms. The van der Waals surface area contributed by atoms with E-state index < -0.39 is 18.3 Å². The first-order valence-electron chi connectivity index (χ1n) is 9.01. The Kier molecular flexibility index (Phi) is 6.18. The summed E-state index contributed by atoms with van der Waals surface area (Å²) in [5.41, 5.74) is 0.514. The number of amides is 1. The molecule has 7 nitrogen and oxygen atoms in total. The Morgan fingerprint density at radius 3 is 2.96 bits per heavy atom. The van der Waals surface area contributed by atoms with Crippen molar-refractivity contribution < 1.29 is 23.8 Å². The van der Waals surface area contributed by atoms with Gasteiger partial charge >= 0.3 is 0 Å². The minimum atomic E-state index is -0.770. The summed E-state index contributed by atoms with van der Waals surface area (Å²) >= 11 is 0. The monoisotopic (exact) mass is 367 g/mol. The van der Waals surface area contributed by atoms with Gasteiger partial charge in [-0.1, -0.05) is 0 Å². The summed E-state index contributed by atoms with van der Waals surface area (Å²) < 4.78 is 25.3. The van der Waals surface area contributed by atoms with Crippen molar-refractivity contribution >= 4 is 5.91 Å². The van der Waals surface area contributed by atoms with Crippen LogP contribution in [0.5, 0.6) is 0 Å². The van der Waals surface area contributed by atoms with Crippen LogP contribution in [0.25, 0.3) is 0 Å². The summed E-state index contributed by atoms with van der Waals surface area (Å²) in [4.78, 5) is 15.6. The normalized spacial score (nSPS) is 30.6. The molecule has 0 aromatic carbocycles. The molecule has 3 heterocycles. The molecule has 2 fully saturated rings. The predicted molar refractivity (Wildman–Crippen MR) is 91.7 cm³/mol. The molecule has 0 radical (unpaired) electrons. The van der Waals surface area contributed by atoms with Gasteiger partial charge in [0.05, 0.1) is 30.9 Å². The van der Waals surface area contributed by atoms with Crippen LogP contribution in [0, 0.1) is 5.82 Å². The van der Waals surface area contributed by atoms with Gasteiger partial charge in [-0.25, -0.2) is 4.39 Å². The molecule has 5 atom stereocenters. The van der Waals surface area contributed by atoms with Crippen LogP contribution in [-0.2, 0) is 20.8 Å². The minimum absolute atomic E-state index is 0.0583. The number of aliphatic hydroxyl groups excluding tert-OH is 1. The third-order valence-electron chi connectivity index (χ3n) is 4.66. The first-order valence-corrected chi connectivity index (χ1v) is 9.01. The molecule has 5 unspecified atom stereocenters. The Balaban J connectivity index is 1.43. The third-order valence-corrected chi connectivity index (χ3v) is 4.66. The fraction of sp³-hybridized carbons (Fsp3) is 0.667. The number of carbonyl (C=O) groups is 1. The number of ether oxygens (including phenoxy) is 2. The molecular formula is C18H26FN3O4. The Hall–Kier alpha value is -1.61. The number of aromatic nitrogens is 1. The van der Waals surface area contributed by atoms with Gasteiger partial charge in [0.1, 0.15) is 18.0 Å². The van der Waals surface area contributed by atoms with Gasteiger partial charge in [0, 0.05) is 37.3 Å². The summed E-state index contributed by atoms with van der Waals surface area (Å²) in [6, 6.07) is 1.70. The number of rotatable bonds is 7. The number of nitrogens with zero attached hydrogens (tertiary/aromatic N) is 1. The Bertz CT molecular complexity index is 630. The molecular weight excluding hydrogens is 341 g/mol. The molecule has 1 aromatic heterocycles. The summed E-state index contributed by atoms with van der Waals surface area (Å²) in [6.45, 7) is 4.53. The average Bonchev–Trinajstić information content (AvgIpc) is 3.08.